The molecule has 0 saturated carbocycles. The SMILES string of the molecule is C=CCCC(C=O)N(C)C(=C)c1ccc(N2CCN(C(=O)OC(C)(C)C)CC2)cc1C=N. The van der Waals surface area contributed by atoms with Crippen molar-refractivity contribution in [1.29, 1.82) is 5.41 Å². The van der Waals surface area contributed by atoms with Gasteiger partial charge in [-0.15, -0.1) is 6.58 Å². The molecule has 1 N–H and O–H groups in total. The van der Waals surface area contributed by atoms with Crippen molar-refractivity contribution in [3.8, 4) is 0 Å². The summed E-state index contributed by atoms with van der Waals surface area (Å²) in [5.41, 5.74) is 2.75. The van der Waals surface area contributed by atoms with E-state index in [-0.39, 0.29) is 12.1 Å². The number of anilines is 1. The van der Waals surface area contributed by atoms with E-state index >= 15 is 0 Å². The van der Waals surface area contributed by atoms with E-state index in [1.165, 1.54) is 6.21 Å². The fourth-order valence-corrected chi connectivity index (χ4v) is 3.63. The Morgan fingerprint density at radius 1 is 1.28 bits per heavy atom. The molecule has 1 amide bonds. The number of nitrogens with one attached hydrogen (secondary N) is 1. The number of aldehydes is 1. The summed E-state index contributed by atoms with van der Waals surface area (Å²) in [6.45, 7) is 16.0. The van der Waals surface area contributed by atoms with Gasteiger partial charge in [-0.3, -0.25) is 0 Å². The van der Waals surface area contributed by atoms with Crippen LogP contribution in [0.1, 0.15) is 44.7 Å². The van der Waals surface area contributed by atoms with Crippen LogP contribution in [0.3, 0.4) is 0 Å². The monoisotopic (exact) mass is 440 g/mol. The third kappa shape index (κ3) is 6.45. The number of nitrogens with zero attached hydrogens (tertiary/aromatic N) is 3. The lowest BCUT2D eigenvalue weighted by Crippen LogP contribution is -2.50. The minimum absolute atomic E-state index is 0.284. The largest absolute Gasteiger partial charge is 0.444 e. The molecule has 174 valence electrons. The average molecular weight is 441 g/mol. The molecule has 0 aliphatic carbocycles. The summed E-state index contributed by atoms with van der Waals surface area (Å²) >= 11 is 0. The Morgan fingerprint density at radius 3 is 2.47 bits per heavy atom. The molecule has 1 atom stereocenters. The molecule has 1 aliphatic heterocycles. The standard InChI is InChI=1S/C25H36N4O3/c1-7-8-9-22(18-30)27(6)19(2)23-11-10-21(16-20(23)17-26)28-12-14-29(15-13-28)24(31)32-25(3,4)5/h7,10-11,16-18,22,26H,1-2,8-9,12-15H2,3-6H3. The maximum Gasteiger partial charge on any atom is 0.410 e. The van der Waals surface area contributed by atoms with Crippen molar-refractivity contribution in [1.82, 2.24) is 9.80 Å². The Kier molecular flexibility index (Phi) is 8.63. The number of hydrogen-bond acceptors (Lipinski definition) is 6. The molecule has 0 spiro atoms. The quantitative estimate of drug-likeness (QED) is 0.354. The van der Waals surface area contributed by atoms with Crippen molar-refractivity contribution < 1.29 is 14.3 Å². The second-order valence-corrected chi connectivity index (χ2v) is 9.00. The van der Waals surface area contributed by atoms with Gasteiger partial charge in [0.05, 0.1) is 6.04 Å². The van der Waals surface area contributed by atoms with Gasteiger partial charge in [0.15, 0.2) is 0 Å². The predicted molar refractivity (Wildman–Crippen MR) is 130 cm³/mol. The first-order valence-electron chi connectivity index (χ1n) is 11.0. The van der Waals surface area contributed by atoms with Gasteiger partial charge in [-0.1, -0.05) is 18.7 Å². The Balaban J connectivity index is 2.10. The van der Waals surface area contributed by atoms with E-state index in [0.717, 1.165) is 29.5 Å². The number of benzene rings is 1. The first-order valence-corrected chi connectivity index (χ1v) is 11.0. The van der Waals surface area contributed by atoms with Crippen molar-refractivity contribution in [2.24, 2.45) is 0 Å². The van der Waals surface area contributed by atoms with Gasteiger partial charge in [0, 0.05) is 62.0 Å². The summed E-state index contributed by atoms with van der Waals surface area (Å²) in [5.74, 6) is 0. The number of carbonyl (C=O) groups excluding carboxylic acids is 2. The van der Waals surface area contributed by atoms with Crippen molar-refractivity contribution in [3.63, 3.8) is 0 Å². The molecule has 1 fully saturated rings. The minimum Gasteiger partial charge on any atom is -0.444 e. The third-order valence-corrected chi connectivity index (χ3v) is 5.54. The Bertz CT molecular complexity index is 851. The highest BCUT2D eigenvalue weighted by atomic mass is 16.6. The molecule has 0 radical (unpaired) electrons. The van der Waals surface area contributed by atoms with E-state index in [2.05, 4.69) is 18.1 Å². The Morgan fingerprint density at radius 2 is 1.94 bits per heavy atom. The summed E-state index contributed by atoms with van der Waals surface area (Å²) in [4.78, 5) is 29.6. The molecule has 1 heterocycles. The number of hydrogen-bond donors (Lipinski definition) is 1. The number of carbonyl (C=O) groups is 2. The van der Waals surface area contributed by atoms with Crippen molar-refractivity contribution in [3.05, 3.63) is 48.6 Å². The van der Waals surface area contributed by atoms with Crippen LogP contribution in [0.25, 0.3) is 5.70 Å². The zero-order valence-electron chi connectivity index (χ0n) is 19.8. The maximum atomic E-state index is 12.3. The molecule has 0 aromatic heterocycles. The molecule has 1 saturated heterocycles. The second-order valence-electron chi connectivity index (χ2n) is 9.00. The number of rotatable bonds is 9. The molecule has 1 unspecified atom stereocenters. The molecular formula is C25H36N4O3. The fourth-order valence-electron chi connectivity index (χ4n) is 3.63. The third-order valence-electron chi connectivity index (χ3n) is 5.54. The average Bonchev–Trinajstić information content (AvgIpc) is 2.77. The van der Waals surface area contributed by atoms with Gasteiger partial charge < -0.3 is 29.6 Å². The first kappa shape index (κ1) is 25.2. The van der Waals surface area contributed by atoms with E-state index in [4.69, 9.17) is 10.1 Å². The summed E-state index contributed by atoms with van der Waals surface area (Å²) in [5, 5.41) is 7.91. The Hall–Kier alpha value is -3.09. The van der Waals surface area contributed by atoms with Gasteiger partial charge in [0.1, 0.15) is 11.9 Å². The molecule has 1 aliphatic rings. The van der Waals surface area contributed by atoms with Crippen LogP contribution in [0.4, 0.5) is 10.5 Å². The van der Waals surface area contributed by atoms with E-state index in [0.29, 0.717) is 38.3 Å². The number of ether oxygens (including phenoxy) is 1. The molecule has 7 heteroatoms. The molecule has 1 aromatic rings. The molecule has 32 heavy (non-hydrogen) atoms. The highest BCUT2D eigenvalue weighted by molar-refractivity contribution is 5.88. The lowest BCUT2D eigenvalue weighted by molar-refractivity contribution is -0.111. The molecule has 1 aromatic carbocycles. The van der Waals surface area contributed by atoms with Crippen molar-refractivity contribution >= 4 is 30.0 Å². The lowest BCUT2D eigenvalue weighted by Gasteiger charge is -2.37. The summed E-state index contributed by atoms with van der Waals surface area (Å²) in [6, 6.07) is 5.62. The van der Waals surface area contributed by atoms with Crippen LogP contribution in [0.15, 0.2) is 37.4 Å². The normalized spacial score (nSPS) is 15.0. The number of allylic oxidation sites excluding steroid dienone is 1. The van der Waals surface area contributed by atoms with E-state index in [1.807, 2.05) is 50.9 Å². The van der Waals surface area contributed by atoms with Crippen LogP contribution in [0.5, 0.6) is 0 Å². The van der Waals surface area contributed by atoms with Crippen LogP contribution in [0, 0.1) is 5.41 Å². The highest BCUT2D eigenvalue weighted by Gasteiger charge is 2.26. The topological polar surface area (TPSA) is 76.9 Å². The highest BCUT2D eigenvalue weighted by Crippen LogP contribution is 2.27. The fraction of sp³-hybridized carbons (Fsp3) is 0.480. The van der Waals surface area contributed by atoms with E-state index in [9.17, 15) is 9.59 Å². The smallest absolute Gasteiger partial charge is 0.410 e. The minimum atomic E-state index is -0.507. The lowest BCUT2D eigenvalue weighted by atomic mass is 10.0. The Labute approximate surface area is 191 Å². The van der Waals surface area contributed by atoms with Crippen molar-refractivity contribution in [2.45, 2.75) is 45.3 Å². The zero-order chi connectivity index (χ0) is 23.9. The second kappa shape index (κ2) is 11.0. The zero-order valence-corrected chi connectivity index (χ0v) is 19.8. The predicted octanol–water partition coefficient (Wildman–Crippen LogP) is 4.18. The van der Waals surface area contributed by atoms with Crippen LogP contribution >= 0.6 is 0 Å². The van der Waals surface area contributed by atoms with Crippen LogP contribution in [-0.2, 0) is 9.53 Å². The molecule has 7 nitrogen and oxygen atoms in total. The van der Waals surface area contributed by atoms with E-state index < -0.39 is 5.60 Å². The van der Waals surface area contributed by atoms with Gasteiger partial charge in [-0.25, -0.2) is 4.79 Å². The van der Waals surface area contributed by atoms with E-state index in [1.54, 1.807) is 11.0 Å². The van der Waals surface area contributed by atoms with Gasteiger partial charge in [0.2, 0.25) is 0 Å². The van der Waals surface area contributed by atoms with Crippen LogP contribution in [-0.4, -0.2) is 73.3 Å². The summed E-state index contributed by atoms with van der Waals surface area (Å²) in [6.07, 6.45) is 5.17. The number of amides is 1. The first-order chi connectivity index (χ1) is 15.1. The summed E-state index contributed by atoms with van der Waals surface area (Å²) in [7, 11) is 1.85. The number of piperazine rings is 1. The van der Waals surface area contributed by atoms with Gasteiger partial charge in [-0.2, -0.15) is 0 Å². The molecule has 2 rings (SSSR count). The van der Waals surface area contributed by atoms with Gasteiger partial charge in [-0.05, 0) is 45.7 Å². The summed E-state index contributed by atoms with van der Waals surface area (Å²) < 4.78 is 5.47. The van der Waals surface area contributed by atoms with Gasteiger partial charge in [0.25, 0.3) is 0 Å². The van der Waals surface area contributed by atoms with Crippen LogP contribution < -0.4 is 4.90 Å². The van der Waals surface area contributed by atoms with Crippen molar-refractivity contribution in [2.75, 3.05) is 38.1 Å². The molecule has 0 bridgehead atoms. The van der Waals surface area contributed by atoms with Crippen LogP contribution in [0.2, 0.25) is 0 Å². The molecular weight excluding hydrogens is 404 g/mol. The maximum absolute atomic E-state index is 12.3. The number of likely N-dealkylation sites (N-methyl/N-ethyl adjacent to an activating group) is 1. The van der Waals surface area contributed by atoms with Gasteiger partial charge >= 0.3 is 6.09 Å².